The van der Waals surface area contributed by atoms with Crippen LogP contribution in [0.5, 0.6) is 0 Å². The Labute approximate surface area is 124 Å². The van der Waals surface area contributed by atoms with Gasteiger partial charge in [0.05, 0.1) is 4.92 Å². The second-order valence-corrected chi connectivity index (χ2v) is 5.15. The molecule has 110 valence electrons. The fourth-order valence-electron chi connectivity index (χ4n) is 2.14. The number of nitrogens with zero attached hydrogens (tertiary/aromatic N) is 2. The van der Waals surface area contributed by atoms with E-state index < -0.39 is 4.92 Å². The molecule has 0 aliphatic heterocycles. The summed E-state index contributed by atoms with van der Waals surface area (Å²) in [6.45, 7) is 3.83. The molecule has 5 nitrogen and oxygen atoms in total. The fourth-order valence-corrected chi connectivity index (χ4v) is 2.14. The van der Waals surface area contributed by atoms with Crippen LogP contribution in [-0.4, -0.2) is 15.9 Å². The monoisotopic (exact) mass is 285 g/mol. The second-order valence-electron chi connectivity index (χ2n) is 5.15. The Morgan fingerprint density at radius 2 is 1.95 bits per heavy atom. The van der Waals surface area contributed by atoms with Gasteiger partial charge in [-0.1, -0.05) is 30.3 Å². The van der Waals surface area contributed by atoms with Gasteiger partial charge >= 0.3 is 5.69 Å². The Kier molecular flexibility index (Phi) is 4.87. The standard InChI is InChI=1S/C16H19N3O2/c1-12(8-10-14-6-4-3-5-7-14)17-16-15(19(20)21)11-9-13(2)18-16/h3-7,9,11-12H,8,10H2,1-2H3,(H,17,18). The zero-order valence-electron chi connectivity index (χ0n) is 12.2. The number of aromatic nitrogens is 1. The molecule has 0 aliphatic rings. The first-order valence-corrected chi connectivity index (χ1v) is 6.99. The van der Waals surface area contributed by atoms with Crippen molar-refractivity contribution in [1.29, 1.82) is 0 Å². The average Bonchev–Trinajstić information content (AvgIpc) is 2.46. The topological polar surface area (TPSA) is 68.1 Å². The van der Waals surface area contributed by atoms with Crippen molar-refractivity contribution in [3.8, 4) is 0 Å². The molecule has 1 heterocycles. The minimum absolute atomic E-state index is 0.0205. The van der Waals surface area contributed by atoms with Crippen LogP contribution in [0.15, 0.2) is 42.5 Å². The van der Waals surface area contributed by atoms with Gasteiger partial charge in [-0.2, -0.15) is 0 Å². The number of nitrogens with one attached hydrogen (secondary N) is 1. The summed E-state index contributed by atoms with van der Waals surface area (Å²) in [6, 6.07) is 13.4. The summed E-state index contributed by atoms with van der Waals surface area (Å²) in [4.78, 5) is 14.9. The highest BCUT2D eigenvalue weighted by atomic mass is 16.6. The Bertz CT molecular complexity index is 614. The van der Waals surface area contributed by atoms with Gasteiger partial charge in [0, 0.05) is 17.8 Å². The molecule has 1 atom stereocenters. The van der Waals surface area contributed by atoms with Crippen molar-refractivity contribution < 1.29 is 4.92 Å². The van der Waals surface area contributed by atoms with E-state index >= 15 is 0 Å². The molecule has 0 saturated heterocycles. The van der Waals surface area contributed by atoms with Gasteiger partial charge in [0.1, 0.15) is 0 Å². The third-order valence-corrected chi connectivity index (χ3v) is 3.30. The van der Waals surface area contributed by atoms with Gasteiger partial charge in [-0.25, -0.2) is 4.98 Å². The van der Waals surface area contributed by atoms with E-state index in [1.165, 1.54) is 11.6 Å². The lowest BCUT2D eigenvalue weighted by Gasteiger charge is -2.14. The highest BCUT2D eigenvalue weighted by Crippen LogP contribution is 2.23. The molecule has 5 heteroatoms. The van der Waals surface area contributed by atoms with Crippen LogP contribution >= 0.6 is 0 Å². The van der Waals surface area contributed by atoms with E-state index in [4.69, 9.17) is 0 Å². The van der Waals surface area contributed by atoms with Gasteiger partial charge in [-0.3, -0.25) is 10.1 Å². The lowest BCUT2D eigenvalue weighted by atomic mass is 10.1. The number of hydrogen-bond donors (Lipinski definition) is 1. The van der Waals surface area contributed by atoms with Crippen molar-refractivity contribution in [2.45, 2.75) is 32.7 Å². The van der Waals surface area contributed by atoms with Crippen molar-refractivity contribution in [1.82, 2.24) is 4.98 Å². The smallest absolute Gasteiger partial charge is 0.311 e. The van der Waals surface area contributed by atoms with E-state index in [2.05, 4.69) is 22.4 Å². The molecule has 0 spiro atoms. The summed E-state index contributed by atoms with van der Waals surface area (Å²) in [7, 11) is 0. The van der Waals surface area contributed by atoms with Gasteiger partial charge < -0.3 is 5.32 Å². The minimum Gasteiger partial charge on any atom is -0.362 e. The number of rotatable bonds is 6. The Balaban J connectivity index is 2.01. The van der Waals surface area contributed by atoms with E-state index in [1.54, 1.807) is 6.07 Å². The highest BCUT2D eigenvalue weighted by molar-refractivity contribution is 5.56. The van der Waals surface area contributed by atoms with Gasteiger partial charge in [-0.05, 0) is 38.3 Å². The molecular weight excluding hydrogens is 266 g/mol. The SMILES string of the molecule is Cc1ccc([N+](=O)[O-])c(NC(C)CCc2ccccc2)n1. The predicted octanol–water partition coefficient (Wildman–Crippen LogP) is 3.73. The van der Waals surface area contributed by atoms with E-state index in [-0.39, 0.29) is 11.7 Å². The molecule has 1 N–H and O–H groups in total. The molecule has 1 unspecified atom stereocenters. The van der Waals surface area contributed by atoms with E-state index in [0.717, 1.165) is 18.5 Å². The molecule has 21 heavy (non-hydrogen) atoms. The number of aryl methyl sites for hydroxylation is 2. The van der Waals surface area contributed by atoms with Gasteiger partial charge in [0.2, 0.25) is 5.82 Å². The fraction of sp³-hybridized carbons (Fsp3) is 0.312. The predicted molar refractivity (Wildman–Crippen MR) is 83.5 cm³/mol. The molecule has 0 radical (unpaired) electrons. The summed E-state index contributed by atoms with van der Waals surface area (Å²) >= 11 is 0. The molecule has 0 bridgehead atoms. The largest absolute Gasteiger partial charge is 0.362 e. The number of benzene rings is 1. The molecular formula is C16H19N3O2. The highest BCUT2D eigenvalue weighted by Gasteiger charge is 2.16. The van der Waals surface area contributed by atoms with Crippen molar-refractivity contribution in [3.05, 3.63) is 63.8 Å². The van der Waals surface area contributed by atoms with Gasteiger partial charge in [0.25, 0.3) is 0 Å². The van der Waals surface area contributed by atoms with Gasteiger partial charge in [-0.15, -0.1) is 0 Å². The summed E-state index contributed by atoms with van der Waals surface area (Å²) in [6.07, 6.45) is 1.81. The summed E-state index contributed by atoms with van der Waals surface area (Å²) in [5.41, 5.74) is 2.04. The third kappa shape index (κ3) is 4.27. The molecule has 0 amide bonds. The zero-order chi connectivity index (χ0) is 15.2. The van der Waals surface area contributed by atoms with Crippen LogP contribution in [-0.2, 0) is 6.42 Å². The lowest BCUT2D eigenvalue weighted by molar-refractivity contribution is -0.384. The zero-order valence-corrected chi connectivity index (χ0v) is 12.2. The summed E-state index contributed by atoms with van der Waals surface area (Å²) in [5.74, 6) is 0.348. The van der Waals surface area contributed by atoms with Gasteiger partial charge in [0.15, 0.2) is 0 Å². The lowest BCUT2D eigenvalue weighted by Crippen LogP contribution is -2.18. The molecule has 0 saturated carbocycles. The molecule has 0 aliphatic carbocycles. The number of hydrogen-bond acceptors (Lipinski definition) is 4. The normalized spacial score (nSPS) is 11.9. The number of nitro groups is 1. The molecule has 0 fully saturated rings. The maximum absolute atomic E-state index is 11.0. The van der Waals surface area contributed by atoms with E-state index in [1.807, 2.05) is 32.0 Å². The van der Waals surface area contributed by atoms with Crippen LogP contribution in [0.3, 0.4) is 0 Å². The molecule has 1 aromatic heterocycles. The van der Waals surface area contributed by atoms with Crippen LogP contribution in [0.4, 0.5) is 11.5 Å². The maximum atomic E-state index is 11.0. The van der Waals surface area contributed by atoms with Crippen molar-refractivity contribution >= 4 is 11.5 Å². The Morgan fingerprint density at radius 1 is 1.24 bits per heavy atom. The molecule has 2 aromatic rings. The second kappa shape index (κ2) is 6.83. The Morgan fingerprint density at radius 3 is 2.62 bits per heavy atom. The van der Waals surface area contributed by atoms with Crippen molar-refractivity contribution in [2.24, 2.45) is 0 Å². The van der Waals surface area contributed by atoms with Crippen LogP contribution in [0.25, 0.3) is 0 Å². The van der Waals surface area contributed by atoms with E-state index in [9.17, 15) is 10.1 Å². The summed E-state index contributed by atoms with van der Waals surface area (Å²) < 4.78 is 0. The van der Waals surface area contributed by atoms with Crippen LogP contribution in [0.1, 0.15) is 24.6 Å². The average molecular weight is 285 g/mol. The molecule has 2 rings (SSSR count). The number of anilines is 1. The third-order valence-electron chi connectivity index (χ3n) is 3.30. The first-order valence-electron chi connectivity index (χ1n) is 6.99. The quantitative estimate of drug-likeness (QED) is 0.648. The van der Waals surface area contributed by atoms with Crippen LogP contribution < -0.4 is 5.32 Å². The van der Waals surface area contributed by atoms with Crippen LogP contribution in [0.2, 0.25) is 0 Å². The first-order chi connectivity index (χ1) is 10.1. The number of pyridine rings is 1. The van der Waals surface area contributed by atoms with Crippen LogP contribution in [0, 0.1) is 17.0 Å². The summed E-state index contributed by atoms with van der Waals surface area (Å²) in [5, 5.41) is 14.2. The maximum Gasteiger partial charge on any atom is 0.311 e. The Hall–Kier alpha value is -2.43. The van der Waals surface area contributed by atoms with E-state index in [0.29, 0.717) is 5.82 Å². The van der Waals surface area contributed by atoms with Crippen molar-refractivity contribution in [2.75, 3.05) is 5.32 Å². The first kappa shape index (κ1) is 15.0. The minimum atomic E-state index is -0.404. The molecule has 1 aromatic carbocycles. The van der Waals surface area contributed by atoms with Crippen molar-refractivity contribution in [3.63, 3.8) is 0 Å².